The van der Waals surface area contributed by atoms with Gasteiger partial charge in [-0.2, -0.15) is 0 Å². The Morgan fingerprint density at radius 3 is 1.93 bits per heavy atom. The monoisotopic (exact) mass is 420 g/mol. The third-order valence-electron chi connectivity index (χ3n) is 5.71. The topological polar surface area (TPSA) is 33.7 Å². The summed E-state index contributed by atoms with van der Waals surface area (Å²) in [4.78, 5) is 2.46. The summed E-state index contributed by atoms with van der Waals surface area (Å²) >= 11 is 6.19. The molecule has 0 spiro atoms. The van der Waals surface area contributed by atoms with Gasteiger partial charge >= 0.3 is 0 Å². The molecular formula is C25H25ClN2O2. The van der Waals surface area contributed by atoms with E-state index < -0.39 is 0 Å². The molecular weight excluding hydrogens is 396 g/mol. The molecule has 0 bridgehead atoms. The number of rotatable bonds is 7. The maximum Gasteiger partial charge on any atom is 0.163 e. The van der Waals surface area contributed by atoms with Crippen LogP contribution in [0.1, 0.15) is 17.2 Å². The van der Waals surface area contributed by atoms with Crippen molar-refractivity contribution in [3.8, 4) is 11.5 Å². The van der Waals surface area contributed by atoms with E-state index in [9.17, 15) is 0 Å². The van der Waals surface area contributed by atoms with Crippen LogP contribution in [0, 0.1) is 0 Å². The molecule has 0 aliphatic carbocycles. The number of likely N-dealkylation sites (tertiary alicyclic amines) is 1. The molecule has 2 saturated heterocycles. The van der Waals surface area contributed by atoms with Crippen LogP contribution in [0.3, 0.4) is 0 Å². The van der Waals surface area contributed by atoms with E-state index in [1.54, 1.807) is 0 Å². The highest BCUT2D eigenvalue weighted by atomic mass is 35.5. The van der Waals surface area contributed by atoms with Crippen molar-refractivity contribution in [1.82, 2.24) is 10.2 Å². The Balaban J connectivity index is 1.29. The molecule has 4 nitrogen and oxygen atoms in total. The summed E-state index contributed by atoms with van der Waals surface area (Å²) < 4.78 is 12.4. The molecule has 5 rings (SSSR count). The summed E-state index contributed by atoms with van der Waals surface area (Å²) in [6, 6.07) is 27.2. The first kappa shape index (κ1) is 19.4. The van der Waals surface area contributed by atoms with Crippen molar-refractivity contribution < 1.29 is 9.47 Å². The number of ether oxygens (including phenoxy) is 2. The van der Waals surface area contributed by atoms with Gasteiger partial charge in [0, 0.05) is 37.3 Å². The summed E-state index contributed by atoms with van der Waals surface area (Å²) in [6.45, 7) is 3.45. The summed E-state index contributed by atoms with van der Waals surface area (Å²) in [5, 5.41) is 3.88. The van der Waals surface area contributed by atoms with Gasteiger partial charge in [-0.25, -0.2) is 0 Å². The zero-order chi connectivity index (χ0) is 20.3. The van der Waals surface area contributed by atoms with E-state index in [1.165, 1.54) is 11.1 Å². The van der Waals surface area contributed by atoms with Gasteiger partial charge in [-0.3, -0.25) is 4.90 Å². The van der Waals surface area contributed by atoms with Crippen LogP contribution in [-0.2, 0) is 0 Å². The fraction of sp³-hybridized carbons (Fsp3) is 0.280. The zero-order valence-corrected chi connectivity index (χ0v) is 17.5. The Labute approximate surface area is 182 Å². The minimum absolute atomic E-state index is 0.128. The first-order valence-electron chi connectivity index (χ1n) is 10.4. The molecule has 5 heteroatoms. The zero-order valence-electron chi connectivity index (χ0n) is 16.7. The molecule has 0 aromatic heterocycles. The van der Waals surface area contributed by atoms with Crippen molar-refractivity contribution in [2.45, 2.75) is 18.2 Å². The van der Waals surface area contributed by atoms with Gasteiger partial charge in [0.15, 0.2) is 11.5 Å². The lowest BCUT2D eigenvalue weighted by Crippen LogP contribution is -2.55. The normalized spacial score (nSPS) is 17.4. The Morgan fingerprint density at radius 1 is 0.767 bits per heavy atom. The first-order chi connectivity index (χ1) is 14.8. The van der Waals surface area contributed by atoms with E-state index in [4.69, 9.17) is 21.1 Å². The number of halogens is 1. The molecule has 2 fully saturated rings. The van der Waals surface area contributed by atoms with Crippen molar-refractivity contribution >= 4 is 11.6 Å². The van der Waals surface area contributed by atoms with E-state index in [2.05, 4.69) is 70.9 Å². The van der Waals surface area contributed by atoms with E-state index in [0.29, 0.717) is 5.02 Å². The quantitative estimate of drug-likeness (QED) is 0.608. The average molecular weight is 421 g/mol. The Hall–Kier alpha value is -2.53. The SMILES string of the molecule is Clc1ccc(OC2CN(C(c3ccccc3)c3ccccc3)C2)c(OC2CNC2)c1. The second-order valence-electron chi connectivity index (χ2n) is 7.91. The van der Waals surface area contributed by atoms with Gasteiger partial charge in [0.1, 0.15) is 12.2 Å². The highest BCUT2D eigenvalue weighted by Crippen LogP contribution is 2.36. The molecule has 2 aliphatic heterocycles. The lowest BCUT2D eigenvalue weighted by atomic mass is 9.94. The maximum atomic E-state index is 6.31. The van der Waals surface area contributed by atoms with E-state index in [-0.39, 0.29) is 18.2 Å². The fourth-order valence-corrected chi connectivity index (χ4v) is 4.18. The molecule has 0 atom stereocenters. The number of hydrogen-bond acceptors (Lipinski definition) is 4. The fourth-order valence-electron chi connectivity index (χ4n) is 4.02. The van der Waals surface area contributed by atoms with Crippen molar-refractivity contribution in [2.75, 3.05) is 26.2 Å². The second kappa shape index (κ2) is 8.68. The van der Waals surface area contributed by atoms with E-state index in [1.807, 2.05) is 18.2 Å². The first-order valence-corrected chi connectivity index (χ1v) is 10.8. The minimum Gasteiger partial charge on any atom is -0.484 e. The highest BCUT2D eigenvalue weighted by molar-refractivity contribution is 6.30. The molecule has 1 N–H and O–H groups in total. The number of nitrogens with zero attached hydrogens (tertiary/aromatic N) is 1. The van der Waals surface area contributed by atoms with Crippen molar-refractivity contribution in [2.24, 2.45) is 0 Å². The smallest absolute Gasteiger partial charge is 0.163 e. The molecule has 154 valence electrons. The number of benzene rings is 3. The van der Waals surface area contributed by atoms with Crippen molar-refractivity contribution in [3.63, 3.8) is 0 Å². The summed E-state index contributed by atoms with van der Waals surface area (Å²) in [6.07, 6.45) is 0.312. The Kier molecular flexibility index (Phi) is 5.63. The largest absolute Gasteiger partial charge is 0.484 e. The Morgan fingerprint density at radius 2 is 1.37 bits per heavy atom. The average Bonchev–Trinajstić information content (AvgIpc) is 2.72. The predicted octanol–water partition coefficient (Wildman–Crippen LogP) is 4.54. The molecule has 3 aromatic rings. The molecule has 0 unspecified atom stereocenters. The molecule has 0 amide bonds. The number of nitrogens with one attached hydrogen (secondary N) is 1. The lowest BCUT2D eigenvalue weighted by Gasteiger charge is -2.44. The standard InChI is InChI=1S/C25H25ClN2O2/c26-20-11-12-23(24(13-20)29-21-14-27-15-21)30-22-16-28(17-22)25(18-7-3-1-4-8-18)19-9-5-2-6-10-19/h1-13,21-22,25,27H,14-17H2. The van der Waals surface area contributed by atoms with Gasteiger partial charge < -0.3 is 14.8 Å². The van der Waals surface area contributed by atoms with Gasteiger partial charge in [0.25, 0.3) is 0 Å². The van der Waals surface area contributed by atoms with E-state index in [0.717, 1.165) is 37.7 Å². The molecule has 3 aromatic carbocycles. The number of hydrogen-bond donors (Lipinski definition) is 1. The van der Waals surface area contributed by atoms with Gasteiger partial charge in [0.2, 0.25) is 0 Å². The van der Waals surface area contributed by atoms with E-state index >= 15 is 0 Å². The second-order valence-corrected chi connectivity index (χ2v) is 8.34. The maximum absolute atomic E-state index is 6.31. The minimum atomic E-state index is 0.128. The summed E-state index contributed by atoms with van der Waals surface area (Å²) in [5.74, 6) is 1.50. The Bertz CT molecular complexity index is 933. The molecule has 30 heavy (non-hydrogen) atoms. The predicted molar refractivity (Wildman–Crippen MR) is 119 cm³/mol. The van der Waals surface area contributed by atoms with Crippen LogP contribution in [0.2, 0.25) is 5.02 Å². The van der Waals surface area contributed by atoms with Gasteiger partial charge in [-0.1, -0.05) is 72.3 Å². The highest BCUT2D eigenvalue weighted by Gasteiger charge is 2.36. The van der Waals surface area contributed by atoms with Gasteiger partial charge in [0.05, 0.1) is 6.04 Å². The van der Waals surface area contributed by atoms with Crippen LogP contribution in [0.5, 0.6) is 11.5 Å². The van der Waals surface area contributed by atoms with Crippen LogP contribution >= 0.6 is 11.6 Å². The molecule has 2 aliphatic rings. The van der Waals surface area contributed by atoms with Crippen LogP contribution in [-0.4, -0.2) is 43.3 Å². The van der Waals surface area contributed by atoms with Crippen molar-refractivity contribution in [1.29, 1.82) is 0 Å². The van der Waals surface area contributed by atoms with Gasteiger partial charge in [-0.05, 0) is 23.3 Å². The van der Waals surface area contributed by atoms with Gasteiger partial charge in [-0.15, -0.1) is 0 Å². The summed E-state index contributed by atoms with van der Waals surface area (Å²) in [7, 11) is 0. The lowest BCUT2D eigenvalue weighted by molar-refractivity contribution is -0.00248. The third-order valence-corrected chi connectivity index (χ3v) is 5.94. The van der Waals surface area contributed by atoms with Crippen molar-refractivity contribution in [3.05, 3.63) is 95.0 Å². The summed E-state index contributed by atoms with van der Waals surface area (Å²) in [5.41, 5.74) is 2.60. The molecule has 0 radical (unpaired) electrons. The van der Waals surface area contributed by atoms with Crippen LogP contribution in [0.25, 0.3) is 0 Å². The van der Waals surface area contributed by atoms with Crippen LogP contribution in [0.4, 0.5) is 0 Å². The van der Waals surface area contributed by atoms with Crippen LogP contribution in [0.15, 0.2) is 78.9 Å². The molecule has 2 heterocycles. The third kappa shape index (κ3) is 4.17. The molecule has 0 saturated carbocycles. The van der Waals surface area contributed by atoms with Crippen LogP contribution < -0.4 is 14.8 Å².